The van der Waals surface area contributed by atoms with Crippen molar-refractivity contribution < 1.29 is 18.8 Å². The Morgan fingerprint density at radius 3 is 2.47 bits per heavy atom. The Kier molecular flexibility index (Phi) is 9.75. The minimum atomic E-state index is -0.241. The van der Waals surface area contributed by atoms with E-state index in [0.717, 1.165) is 17.0 Å². The Morgan fingerprint density at radius 2 is 1.66 bits per heavy atom. The van der Waals surface area contributed by atoms with Crippen molar-refractivity contribution in [3.8, 4) is 17.1 Å². The fraction of sp³-hybridized carbons (Fsp3) is 0.371. The van der Waals surface area contributed by atoms with Crippen molar-refractivity contribution in [2.24, 2.45) is 0 Å². The topological polar surface area (TPSA) is 129 Å². The molecule has 244 valence electrons. The summed E-state index contributed by atoms with van der Waals surface area (Å²) in [5.74, 6) is 1.97. The summed E-state index contributed by atoms with van der Waals surface area (Å²) >= 11 is 0. The first kappa shape index (κ1) is 31.7. The number of amides is 2. The highest BCUT2D eigenvalue weighted by Crippen LogP contribution is 2.23. The molecule has 6 rings (SSSR count). The molecule has 2 aromatic carbocycles. The number of rotatable bonds is 4. The van der Waals surface area contributed by atoms with Crippen LogP contribution in [0.2, 0.25) is 0 Å². The molecule has 0 N–H and O–H groups in total. The van der Waals surface area contributed by atoms with E-state index in [1.54, 1.807) is 24.4 Å². The zero-order valence-electron chi connectivity index (χ0n) is 26.8. The number of carbonyl (C=O) groups is 2. The maximum absolute atomic E-state index is 13.7. The molecule has 1 aliphatic rings. The molecular weight excluding hydrogens is 598 g/mol. The molecule has 3 aromatic heterocycles. The number of fused-ring (bicyclic) bond motifs is 5. The average Bonchev–Trinajstić information content (AvgIpc) is 3.68. The van der Waals surface area contributed by atoms with Crippen LogP contribution in [0.25, 0.3) is 22.3 Å². The number of aryl methyl sites for hydroxylation is 3. The number of hydrogen-bond acceptors (Lipinski definition) is 8. The summed E-state index contributed by atoms with van der Waals surface area (Å²) in [4.78, 5) is 53.0. The third kappa shape index (κ3) is 7.43. The van der Waals surface area contributed by atoms with Gasteiger partial charge in [-0.2, -0.15) is 0 Å². The summed E-state index contributed by atoms with van der Waals surface area (Å²) in [6, 6.07) is 14.9. The van der Waals surface area contributed by atoms with E-state index in [-0.39, 0.29) is 30.3 Å². The molecule has 0 atom stereocenters. The Hall–Kier alpha value is -5.26. The fourth-order valence-electron chi connectivity index (χ4n) is 5.99. The van der Waals surface area contributed by atoms with Crippen LogP contribution in [0.5, 0.6) is 5.75 Å². The Morgan fingerprint density at radius 1 is 0.872 bits per heavy atom. The van der Waals surface area contributed by atoms with Crippen LogP contribution in [-0.4, -0.2) is 78.7 Å². The van der Waals surface area contributed by atoms with Crippen LogP contribution in [0.15, 0.2) is 76.6 Å². The zero-order valence-corrected chi connectivity index (χ0v) is 26.8. The van der Waals surface area contributed by atoms with Crippen molar-refractivity contribution >= 4 is 22.7 Å². The standard InChI is InChI=1S/C35H39N7O5/c1-25-30(26(2)47-38-25)22-32(43)40-15-6-5-14-39(33(44)23-42-24-37-31-12-4-3-11-29(31)35(42)45)16-8-17-41-18-13-36-34(41)27-9-7-10-28(21-27)46-20-19-40/h3-4,7,9-13,18,21,24H,5-6,8,14-17,19-20,22-23H2,1-2H3. The van der Waals surface area contributed by atoms with Crippen molar-refractivity contribution in [2.75, 3.05) is 32.8 Å². The summed E-state index contributed by atoms with van der Waals surface area (Å²) < 4.78 is 14.9. The van der Waals surface area contributed by atoms with Gasteiger partial charge >= 0.3 is 0 Å². The Balaban J connectivity index is 1.22. The third-order valence-electron chi connectivity index (χ3n) is 8.62. The van der Waals surface area contributed by atoms with Gasteiger partial charge in [0.2, 0.25) is 11.8 Å². The number of hydrogen-bond donors (Lipinski definition) is 0. The van der Waals surface area contributed by atoms with E-state index in [9.17, 15) is 14.4 Å². The van der Waals surface area contributed by atoms with Gasteiger partial charge in [-0.3, -0.25) is 19.0 Å². The van der Waals surface area contributed by atoms with Crippen LogP contribution in [0.3, 0.4) is 0 Å². The van der Waals surface area contributed by atoms with Crippen molar-refractivity contribution in [2.45, 2.75) is 52.6 Å². The summed E-state index contributed by atoms with van der Waals surface area (Å²) in [5, 5.41) is 4.48. The number of benzene rings is 2. The number of aromatic nitrogens is 5. The highest BCUT2D eigenvalue weighted by Gasteiger charge is 2.21. The van der Waals surface area contributed by atoms with Crippen LogP contribution in [0, 0.1) is 13.8 Å². The molecule has 47 heavy (non-hydrogen) atoms. The fourth-order valence-corrected chi connectivity index (χ4v) is 5.99. The van der Waals surface area contributed by atoms with E-state index < -0.39 is 0 Å². The average molecular weight is 638 g/mol. The number of imidazole rings is 1. The monoisotopic (exact) mass is 637 g/mol. The summed E-state index contributed by atoms with van der Waals surface area (Å²) in [6.45, 7) is 6.45. The molecule has 1 aliphatic heterocycles. The summed E-state index contributed by atoms with van der Waals surface area (Å²) in [6.07, 6.45) is 7.41. The molecule has 0 saturated carbocycles. The second-order valence-corrected chi connectivity index (χ2v) is 11.8. The first-order valence-electron chi connectivity index (χ1n) is 16.0. The highest BCUT2D eigenvalue weighted by atomic mass is 16.5. The molecule has 0 saturated heterocycles. The van der Waals surface area contributed by atoms with Gasteiger partial charge in [0, 0.05) is 49.7 Å². The Bertz CT molecular complexity index is 1910. The number of ether oxygens (including phenoxy) is 1. The first-order valence-corrected chi connectivity index (χ1v) is 16.0. The second kappa shape index (κ2) is 14.4. The summed E-state index contributed by atoms with van der Waals surface area (Å²) in [5.41, 5.74) is 2.79. The van der Waals surface area contributed by atoms with Gasteiger partial charge in [-0.05, 0) is 57.4 Å². The normalized spacial score (nSPS) is 14.8. The molecule has 0 fully saturated rings. The van der Waals surface area contributed by atoms with Crippen molar-refractivity contribution in [1.82, 2.24) is 34.1 Å². The lowest BCUT2D eigenvalue weighted by molar-refractivity contribution is -0.133. The van der Waals surface area contributed by atoms with Gasteiger partial charge < -0.3 is 23.6 Å². The van der Waals surface area contributed by atoms with E-state index in [4.69, 9.17) is 9.26 Å². The number of carbonyl (C=O) groups excluding carboxylic acids is 2. The molecule has 2 amide bonds. The van der Waals surface area contributed by atoms with Crippen molar-refractivity contribution in [3.05, 3.63) is 94.6 Å². The van der Waals surface area contributed by atoms with Gasteiger partial charge in [0.25, 0.3) is 5.56 Å². The van der Waals surface area contributed by atoms with E-state index in [1.807, 2.05) is 60.2 Å². The van der Waals surface area contributed by atoms with E-state index in [2.05, 4.69) is 19.7 Å². The van der Waals surface area contributed by atoms with E-state index in [0.29, 0.717) is 86.7 Å². The van der Waals surface area contributed by atoms with Gasteiger partial charge in [0.05, 0.1) is 35.9 Å². The zero-order chi connectivity index (χ0) is 32.8. The van der Waals surface area contributed by atoms with Gasteiger partial charge in [-0.25, -0.2) is 9.97 Å². The molecule has 5 aromatic rings. The predicted octanol–water partition coefficient (Wildman–Crippen LogP) is 4.03. The first-order chi connectivity index (χ1) is 22.9. The molecule has 0 unspecified atom stereocenters. The van der Waals surface area contributed by atoms with Crippen LogP contribution < -0.4 is 10.3 Å². The van der Waals surface area contributed by atoms with Crippen molar-refractivity contribution in [1.29, 1.82) is 0 Å². The maximum atomic E-state index is 13.7. The third-order valence-corrected chi connectivity index (χ3v) is 8.62. The molecule has 0 radical (unpaired) electrons. The largest absolute Gasteiger partial charge is 0.492 e. The van der Waals surface area contributed by atoms with Crippen LogP contribution in [0.4, 0.5) is 0 Å². The number of nitrogens with zero attached hydrogens (tertiary/aromatic N) is 7. The lowest BCUT2D eigenvalue weighted by atomic mass is 10.1. The molecule has 0 spiro atoms. The van der Waals surface area contributed by atoms with Gasteiger partial charge in [0.1, 0.15) is 30.5 Å². The lowest BCUT2D eigenvalue weighted by Gasteiger charge is -2.25. The minimum absolute atomic E-state index is 0.0344. The SMILES string of the molecule is Cc1noc(C)c1CC(=O)N1CCCCN(C(=O)Cn2cnc3ccccc3c2=O)CCCn2ccnc2-c2cccc(c2)OCC1. The van der Waals surface area contributed by atoms with Crippen LogP contribution >= 0.6 is 0 Å². The van der Waals surface area contributed by atoms with Gasteiger partial charge in [-0.1, -0.05) is 29.4 Å². The quantitative estimate of drug-likeness (QED) is 0.289. The molecule has 12 nitrogen and oxygen atoms in total. The second-order valence-electron chi connectivity index (χ2n) is 11.8. The van der Waals surface area contributed by atoms with Crippen molar-refractivity contribution in [3.63, 3.8) is 0 Å². The molecule has 0 aliphatic carbocycles. The molecular formula is C35H39N7O5. The molecule has 4 heterocycles. The Labute approximate surface area is 272 Å². The van der Waals surface area contributed by atoms with Gasteiger partial charge in [0.15, 0.2) is 0 Å². The minimum Gasteiger partial charge on any atom is -0.492 e. The lowest BCUT2D eigenvalue weighted by Crippen LogP contribution is -2.39. The van der Waals surface area contributed by atoms with Crippen LogP contribution in [0.1, 0.15) is 36.3 Å². The number of para-hydroxylation sites is 1. The van der Waals surface area contributed by atoms with E-state index >= 15 is 0 Å². The smallest absolute Gasteiger partial charge is 0.261 e. The van der Waals surface area contributed by atoms with E-state index in [1.165, 1.54) is 10.9 Å². The summed E-state index contributed by atoms with van der Waals surface area (Å²) in [7, 11) is 0. The van der Waals surface area contributed by atoms with Crippen LogP contribution in [-0.2, 0) is 29.1 Å². The molecule has 12 heteroatoms. The molecule has 2 bridgehead atoms. The highest BCUT2D eigenvalue weighted by molar-refractivity contribution is 5.80. The maximum Gasteiger partial charge on any atom is 0.261 e. The predicted molar refractivity (Wildman–Crippen MR) is 176 cm³/mol. The van der Waals surface area contributed by atoms with Gasteiger partial charge in [-0.15, -0.1) is 0 Å².